The molecule has 0 aliphatic carbocycles. The zero-order valence-corrected chi connectivity index (χ0v) is 21.4. The third-order valence-electron chi connectivity index (χ3n) is 3.92. The number of carbonyl (C=O) groups is 1. The van der Waals surface area contributed by atoms with Crippen LogP contribution in [-0.2, 0) is 0 Å². The van der Waals surface area contributed by atoms with Crippen LogP contribution in [0.25, 0.3) is 22.5 Å². The number of halogens is 10. The molecule has 0 saturated heterocycles. The number of pyridine rings is 1. The van der Waals surface area contributed by atoms with Gasteiger partial charge in [-0.3, -0.25) is 4.79 Å². The predicted molar refractivity (Wildman–Crippen MR) is 131 cm³/mol. The number of aldehydes is 1. The number of carbonyl (C=O) groups excluding carboxylic acids is 1. The minimum atomic E-state index is -0.0313. The molecule has 3 rings (SSSR count). The van der Waals surface area contributed by atoms with Crippen molar-refractivity contribution in [2.24, 2.45) is 0 Å². The highest BCUT2D eigenvalue weighted by molar-refractivity contribution is 6.57. The predicted octanol–water partition coefficient (Wildman–Crippen LogP) is 10.8. The summed E-state index contributed by atoms with van der Waals surface area (Å²) in [5.74, 6) is 0. The van der Waals surface area contributed by atoms with E-state index in [0.717, 1.165) is 0 Å². The molecule has 1 aromatic heterocycles. The molecule has 2 aromatic carbocycles. The maximum atomic E-state index is 11.6. The van der Waals surface area contributed by atoms with Crippen molar-refractivity contribution in [1.29, 1.82) is 0 Å². The highest BCUT2D eigenvalue weighted by Crippen LogP contribution is 2.50. The number of hydrogen-bond acceptors (Lipinski definition) is 2. The van der Waals surface area contributed by atoms with Gasteiger partial charge in [0, 0.05) is 16.7 Å². The Kier molecular flexibility index (Phi) is 7.91. The van der Waals surface area contributed by atoms with Crippen LogP contribution in [-0.4, -0.2) is 11.3 Å². The third-order valence-corrected chi connectivity index (χ3v) is 8.47. The summed E-state index contributed by atoms with van der Waals surface area (Å²) in [7, 11) is 0. The van der Waals surface area contributed by atoms with Crippen LogP contribution in [0.5, 0.6) is 0 Å². The average molecular weight is 604 g/mol. The SMILES string of the molecule is O=Cc1cc(-c2c(Cl)c(Cl)c(Cl)c(Cl)c2Cl)nc(-c2c(Cl)c(Cl)c(Cl)c(Cl)c2Cl)c1. The summed E-state index contributed by atoms with van der Waals surface area (Å²) in [6.45, 7) is 0. The third kappa shape index (κ3) is 4.22. The highest BCUT2D eigenvalue weighted by atomic mass is 35.5. The summed E-state index contributed by atoms with van der Waals surface area (Å²) in [5.41, 5.74) is 0.805. The molecule has 0 unspecified atom stereocenters. The van der Waals surface area contributed by atoms with Crippen LogP contribution >= 0.6 is 116 Å². The van der Waals surface area contributed by atoms with E-state index in [1.165, 1.54) is 12.1 Å². The smallest absolute Gasteiger partial charge is 0.150 e. The number of benzene rings is 2. The van der Waals surface area contributed by atoms with Gasteiger partial charge in [0.1, 0.15) is 6.29 Å². The summed E-state index contributed by atoms with van der Waals surface area (Å²) in [4.78, 5) is 16.1. The van der Waals surface area contributed by atoms with Crippen LogP contribution in [0.1, 0.15) is 10.4 Å². The average Bonchev–Trinajstić information content (AvgIpc) is 2.73. The topological polar surface area (TPSA) is 30.0 Å². The Hall–Kier alpha value is 0.160. The zero-order chi connectivity index (χ0) is 22.5. The van der Waals surface area contributed by atoms with Crippen molar-refractivity contribution in [3.63, 3.8) is 0 Å². The normalized spacial score (nSPS) is 11.1. The molecule has 30 heavy (non-hydrogen) atoms. The Labute approximate surface area is 220 Å². The second-order valence-corrected chi connectivity index (χ2v) is 9.46. The van der Waals surface area contributed by atoms with Crippen LogP contribution in [0.4, 0.5) is 0 Å². The summed E-state index contributed by atoms with van der Waals surface area (Å²) >= 11 is 62.0. The van der Waals surface area contributed by atoms with Gasteiger partial charge >= 0.3 is 0 Å². The Morgan fingerprint density at radius 1 is 0.500 bits per heavy atom. The Bertz CT molecular complexity index is 1080. The largest absolute Gasteiger partial charge is 0.298 e. The van der Waals surface area contributed by atoms with E-state index in [9.17, 15) is 4.79 Å². The lowest BCUT2D eigenvalue weighted by Crippen LogP contribution is -1.97. The molecule has 0 fully saturated rings. The quantitative estimate of drug-likeness (QED) is 0.169. The van der Waals surface area contributed by atoms with Gasteiger partial charge in [0.05, 0.1) is 61.6 Å². The fourth-order valence-corrected chi connectivity index (χ4v) is 5.20. The van der Waals surface area contributed by atoms with Crippen molar-refractivity contribution in [2.75, 3.05) is 0 Å². The lowest BCUT2D eigenvalue weighted by Gasteiger charge is -2.16. The summed E-state index contributed by atoms with van der Waals surface area (Å²) < 4.78 is 0. The van der Waals surface area contributed by atoms with E-state index in [2.05, 4.69) is 4.98 Å². The van der Waals surface area contributed by atoms with Crippen molar-refractivity contribution in [3.8, 4) is 22.5 Å². The lowest BCUT2D eigenvalue weighted by molar-refractivity contribution is 0.112. The molecule has 0 saturated carbocycles. The number of aromatic nitrogens is 1. The maximum absolute atomic E-state index is 11.6. The van der Waals surface area contributed by atoms with Gasteiger partial charge in [-0.05, 0) is 12.1 Å². The first-order valence-corrected chi connectivity index (χ1v) is 11.3. The van der Waals surface area contributed by atoms with Crippen LogP contribution in [0.3, 0.4) is 0 Å². The van der Waals surface area contributed by atoms with Crippen LogP contribution < -0.4 is 0 Å². The minimum Gasteiger partial charge on any atom is -0.298 e. The molecule has 0 aliphatic rings. The van der Waals surface area contributed by atoms with E-state index >= 15 is 0 Å². The van der Waals surface area contributed by atoms with Gasteiger partial charge in [-0.15, -0.1) is 0 Å². The Morgan fingerprint density at radius 2 is 0.767 bits per heavy atom. The van der Waals surface area contributed by atoms with E-state index < -0.39 is 0 Å². The Balaban J connectivity index is 2.41. The molecule has 0 bridgehead atoms. The van der Waals surface area contributed by atoms with Gasteiger partial charge in [-0.25, -0.2) is 4.98 Å². The molecule has 3 aromatic rings. The molecule has 0 spiro atoms. The molecule has 0 amide bonds. The fourth-order valence-electron chi connectivity index (χ4n) is 2.54. The van der Waals surface area contributed by atoms with Gasteiger partial charge in [-0.1, -0.05) is 116 Å². The molecule has 0 atom stereocenters. The van der Waals surface area contributed by atoms with Gasteiger partial charge in [0.15, 0.2) is 0 Å². The van der Waals surface area contributed by atoms with E-state index in [-0.39, 0.29) is 78.3 Å². The molecule has 1 heterocycles. The summed E-state index contributed by atoms with van der Waals surface area (Å²) in [6, 6.07) is 2.84. The molecule has 0 aliphatic heterocycles. The molecular formula is C18H3Cl10NO. The van der Waals surface area contributed by atoms with E-state index in [1.807, 2.05) is 0 Å². The Morgan fingerprint density at radius 3 is 1.03 bits per heavy atom. The molecule has 2 nitrogen and oxygen atoms in total. The van der Waals surface area contributed by atoms with Crippen LogP contribution in [0.2, 0.25) is 50.2 Å². The minimum absolute atomic E-state index is 0.0121. The second-order valence-electron chi connectivity index (χ2n) is 5.68. The fraction of sp³-hybridized carbons (Fsp3) is 0. The summed E-state index contributed by atoms with van der Waals surface area (Å²) in [5, 5.41) is -0.218. The van der Waals surface area contributed by atoms with Crippen molar-refractivity contribution in [3.05, 3.63) is 67.9 Å². The molecule has 12 heteroatoms. The summed E-state index contributed by atoms with van der Waals surface area (Å²) in [6.07, 6.45) is 0.580. The first-order valence-electron chi connectivity index (χ1n) is 7.52. The van der Waals surface area contributed by atoms with E-state index in [1.54, 1.807) is 0 Å². The van der Waals surface area contributed by atoms with Crippen molar-refractivity contribution in [2.45, 2.75) is 0 Å². The molecular weight excluding hydrogens is 601 g/mol. The maximum Gasteiger partial charge on any atom is 0.150 e. The van der Waals surface area contributed by atoms with Gasteiger partial charge in [0.25, 0.3) is 0 Å². The first kappa shape index (κ1) is 24.8. The van der Waals surface area contributed by atoms with E-state index in [0.29, 0.717) is 6.29 Å². The number of hydrogen-bond donors (Lipinski definition) is 0. The molecule has 0 N–H and O–H groups in total. The van der Waals surface area contributed by atoms with Gasteiger partial charge in [0.2, 0.25) is 0 Å². The van der Waals surface area contributed by atoms with Crippen LogP contribution in [0.15, 0.2) is 12.1 Å². The van der Waals surface area contributed by atoms with E-state index in [4.69, 9.17) is 116 Å². The van der Waals surface area contributed by atoms with Crippen LogP contribution in [0, 0.1) is 0 Å². The second kappa shape index (κ2) is 9.57. The number of nitrogens with zero attached hydrogens (tertiary/aromatic N) is 1. The standard InChI is InChI=1S/C18H3Cl10NO/c19-9-7(10(20)14(24)17(27)13(9)23)5-1-4(3-30)2-6(29-5)8-11(21)15(25)18(28)16(26)12(8)22/h1-3H. The van der Waals surface area contributed by atoms with Crippen molar-refractivity contribution >= 4 is 122 Å². The van der Waals surface area contributed by atoms with Crippen molar-refractivity contribution < 1.29 is 4.79 Å². The van der Waals surface area contributed by atoms with Crippen molar-refractivity contribution in [1.82, 2.24) is 4.98 Å². The molecule has 0 radical (unpaired) electrons. The monoisotopic (exact) mass is 599 g/mol. The highest BCUT2D eigenvalue weighted by Gasteiger charge is 2.25. The van der Waals surface area contributed by atoms with Gasteiger partial charge < -0.3 is 0 Å². The lowest BCUT2D eigenvalue weighted by atomic mass is 10.0. The molecule has 156 valence electrons. The zero-order valence-electron chi connectivity index (χ0n) is 13.9. The van der Waals surface area contributed by atoms with Gasteiger partial charge in [-0.2, -0.15) is 0 Å². The first-order chi connectivity index (χ1) is 14.0. The number of rotatable bonds is 3.